The summed E-state index contributed by atoms with van der Waals surface area (Å²) >= 11 is 0. The molecule has 1 saturated carbocycles. The van der Waals surface area contributed by atoms with Gasteiger partial charge in [0.05, 0.1) is 11.6 Å². The molecular weight excluding hydrogens is 264 g/mol. The number of carbonyl (C=O) groups excluding carboxylic acids is 1. The molecule has 1 aliphatic heterocycles. The van der Waals surface area contributed by atoms with Gasteiger partial charge in [-0.25, -0.2) is 0 Å². The van der Waals surface area contributed by atoms with Crippen LogP contribution < -0.4 is 5.32 Å². The number of hydrogen-bond donors (Lipinski definition) is 2. The average molecular weight is 296 g/mol. The second-order valence-corrected chi connectivity index (χ2v) is 8.16. The minimum absolute atomic E-state index is 0.0672. The van der Waals surface area contributed by atoms with Gasteiger partial charge in [-0.1, -0.05) is 27.7 Å². The van der Waals surface area contributed by atoms with Crippen LogP contribution in [0.4, 0.5) is 0 Å². The van der Waals surface area contributed by atoms with Crippen molar-refractivity contribution in [3.05, 3.63) is 0 Å². The number of β-amino-alcohol motifs (C(OH)–C–C–N with tert-alkyl or cyclic N) is 1. The summed E-state index contributed by atoms with van der Waals surface area (Å²) in [6.45, 7) is 9.98. The Hall–Kier alpha value is -0.610. The molecule has 21 heavy (non-hydrogen) atoms. The number of aliphatic hydroxyl groups is 1. The second kappa shape index (κ2) is 6.25. The molecule has 2 N–H and O–H groups in total. The van der Waals surface area contributed by atoms with Crippen LogP contribution in [0, 0.1) is 5.41 Å². The molecule has 1 atom stereocenters. The molecule has 0 aromatic carbocycles. The van der Waals surface area contributed by atoms with Crippen LogP contribution in [0.25, 0.3) is 0 Å². The van der Waals surface area contributed by atoms with Crippen molar-refractivity contribution in [2.24, 2.45) is 5.41 Å². The lowest BCUT2D eigenvalue weighted by Gasteiger charge is -2.44. The lowest BCUT2D eigenvalue weighted by Crippen LogP contribution is -2.56. The predicted octanol–water partition coefficient (Wildman–Crippen LogP) is 2.31. The van der Waals surface area contributed by atoms with E-state index in [-0.39, 0.29) is 11.9 Å². The summed E-state index contributed by atoms with van der Waals surface area (Å²) < 4.78 is 0. The number of rotatable bonds is 4. The van der Waals surface area contributed by atoms with Crippen molar-refractivity contribution in [2.75, 3.05) is 13.1 Å². The molecule has 1 amide bonds. The van der Waals surface area contributed by atoms with E-state index in [1.54, 1.807) is 0 Å². The van der Waals surface area contributed by atoms with E-state index in [0.717, 1.165) is 45.1 Å². The van der Waals surface area contributed by atoms with Crippen molar-refractivity contribution in [1.29, 1.82) is 0 Å². The van der Waals surface area contributed by atoms with E-state index in [1.807, 2.05) is 4.90 Å². The van der Waals surface area contributed by atoms with E-state index < -0.39 is 5.60 Å². The van der Waals surface area contributed by atoms with Crippen molar-refractivity contribution < 1.29 is 9.90 Å². The molecule has 2 rings (SSSR count). The van der Waals surface area contributed by atoms with Gasteiger partial charge in [0.15, 0.2) is 0 Å². The van der Waals surface area contributed by atoms with Gasteiger partial charge in [-0.05, 0) is 43.9 Å². The Kier molecular flexibility index (Phi) is 4.99. The van der Waals surface area contributed by atoms with Crippen LogP contribution in [0.3, 0.4) is 0 Å². The first-order valence-corrected chi connectivity index (χ1v) is 8.48. The zero-order valence-corrected chi connectivity index (χ0v) is 14.1. The zero-order chi connectivity index (χ0) is 15.7. The molecule has 0 aromatic heterocycles. The maximum atomic E-state index is 12.6. The monoisotopic (exact) mass is 296 g/mol. The summed E-state index contributed by atoms with van der Waals surface area (Å²) in [6.07, 6.45) is 5.65. The first-order valence-electron chi connectivity index (χ1n) is 8.48. The lowest BCUT2D eigenvalue weighted by atomic mass is 9.71. The summed E-state index contributed by atoms with van der Waals surface area (Å²) in [5, 5.41) is 14.2. The fourth-order valence-corrected chi connectivity index (χ4v) is 3.56. The molecule has 2 fully saturated rings. The van der Waals surface area contributed by atoms with Crippen LogP contribution >= 0.6 is 0 Å². The van der Waals surface area contributed by atoms with Crippen molar-refractivity contribution in [3.63, 3.8) is 0 Å². The highest BCUT2D eigenvalue weighted by molar-refractivity contribution is 5.82. The highest BCUT2D eigenvalue weighted by Crippen LogP contribution is 2.40. The Morgan fingerprint density at radius 3 is 2.48 bits per heavy atom. The lowest BCUT2D eigenvalue weighted by molar-refractivity contribution is -0.142. The van der Waals surface area contributed by atoms with Crippen LogP contribution in [-0.4, -0.2) is 46.7 Å². The molecule has 1 aliphatic carbocycles. The van der Waals surface area contributed by atoms with Crippen LogP contribution in [-0.2, 0) is 4.79 Å². The standard InChI is InChI=1S/C17H32N2O2/c1-13(2)18-14-6-5-11-19(15(14)20)12-17(21)9-7-16(3,4)8-10-17/h13-14,18,21H,5-12H2,1-4H3. The molecule has 4 nitrogen and oxygen atoms in total. The minimum Gasteiger partial charge on any atom is -0.388 e. The minimum atomic E-state index is -0.676. The SMILES string of the molecule is CC(C)NC1CCCN(CC2(O)CCC(C)(C)CC2)C1=O. The summed E-state index contributed by atoms with van der Waals surface area (Å²) in [4.78, 5) is 14.4. The Morgan fingerprint density at radius 1 is 1.29 bits per heavy atom. The normalized spacial score (nSPS) is 29.0. The second-order valence-electron chi connectivity index (χ2n) is 8.16. The molecule has 122 valence electrons. The molecule has 4 heteroatoms. The maximum absolute atomic E-state index is 12.6. The number of nitrogens with one attached hydrogen (secondary N) is 1. The topological polar surface area (TPSA) is 52.6 Å². The van der Waals surface area contributed by atoms with Gasteiger partial charge in [0.25, 0.3) is 0 Å². The Labute approximate surface area is 129 Å². The van der Waals surface area contributed by atoms with E-state index in [2.05, 4.69) is 33.0 Å². The number of amides is 1. The molecule has 1 heterocycles. The number of piperidine rings is 1. The van der Waals surface area contributed by atoms with Crippen LogP contribution in [0.1, 0.15) is 66.2 Å². The van der Waals surface area contributed by atoms with Gasteiger partial charge in [0.2, 0.25) is 5.91 Å². The Morgan fingerprint density at radius 2 is 1.90 bits per heavy atom. The van der Waals surface area contributed by atoms with E-state index in [0.29, 0.717) is 18.0 Å². The maximum Gasteiger partial charge on any atom is 0.239 e. The van der Waals surface area contributed by atoms with Crippen molar-refractivity contribution >= 4 is 5.91 Å². The van der Waals surface area contributed by atoms with Gasteiger partial charge in [-0.15, -0.1) is 0 Å². The first kappa shape index (κ1) is 16.8. The zero-order valence-electron chi connectivity index (χ0n) is 14.1. The summed E-state index contributed by atoms with van der Waals surface area (Å²) in [5.74, 6) is 0.174. The number of likely N-dealkylation sites (tertiary alicyclic amines) is 1. The van der Waals surface area contributed by atoms with E-state index in [9.17, 15) is 9.90 Å². The van der Waals surface area contributed by atoms with E-state index in [1.165, 1.54) is 0 Å². The van der Waals surface area contributed by atoms with Gasteiger partial charge in [0.1, 0.15) is 0 Å². The molecule has 2 aliphatic rings. The fraction of sp³-hybridized carbons (Fsp3) is 0.941. The molecule has 0 bridgehead atoms. The predicted molar refractivity (Wildman–Crippen MR) is 85.1 cm³/mol. The average Bonchev–Trinajstić information content (AvgIpc) is 2.38. The Bertz CT molecular complexity index is 369. The third-order valence-corrected chi connectivity index (χ3v) is 5.08. The van der Waals surface area contributed by atoms with Gasteiger partial charge >= 0.3 is 0 Å². The van der Waals surface area contributed by atoms with Crippen LogP contribution in [0.2, 0.25) is 0 Å². The fourth-order valence-electron chi connectivity index (χ4n) is 3.56. The summed E-state index contributed by atoms with van der Waals surface area (Å²) in [6, 6.07) is 0.250. The van der Waals surface area contributed by atoms with Gasteiger partial charge in [-0.3, -0.25) is 4.79 Å². The molecule has 1 unspecified atom stereocenters. The Balaban J connectivity index is 1.94. The van der Waals surface area contributed by atoms with Crippen molar-refractivity contribution in [1.82, 2.24) is 10.2 Å². The van der Waals surface area contributed by atoms with Crippen LogP contribution in [0.15, 0.2) is 0 Å². The summed E-state index contributed by atoms with van der Waals surface area (Å²) in [7, 11) is 0. The third kappa shape index (κ3) is 4.43. The van der Waals surface area contributed by atoms with Crippen molar-refractivity contribution in [3.8, 4) is 0 Å². The van der Waals surface area contributed by atoms with Crippen LogP contribution in [0.5, 0.6) is 0 Å². The number of hydrogen-bond acceptors (Lipinski definition) is 3. The van der Waals surface area contributed by atoms with Gasteiger partial charge < -0.3 is 15.3 Å². The number of nitrogens with zero attached hydrogens (tertiary/aromatic N) is 1. The molecule has 1 saturated heterocycles. The molecule has 0 aromatic rings. The van der Waals surface area contributed by atoms with E-state index in [4.69, 9.17) is 0 Å². The first-order chi connectivity index (χ1) is 9.71. The van der Waals surface area contributed by atoms with Gasteiger partial charge in [0, 0.05) is 19.1 Å². The highest BCUT2D eigenvalue weighted by Gasteiger charge is 2.40. The smallest absolute Gasteiger partial charge is 0.239 e. The summed E-state index contributed by atoms with van der Waals surface area (Å²) in [5.41, 5.74) is -0.342. The number of carbonyl (C=O) groups is 1. The van der Waals surface area contributed by atoms with Gasteiger partial charge in [-0.2, -0.15) is 0 Å². The molecular formula is C17H32N2O2. The molecule has 0 radical (unpaired) electrons. The highest BCUT2D eigenvalue weighted by atomic mass is 16.3. The largest absolute Gasteiger partial charge is 0.388 e. The third-order valence-electron chi connectivity index (χ3n) is 5.08. The van der Waals surface area contributed by atoms with Crippen molar-refractivity contribution in [2.45, 2.75) is 83.9 Å². The quantitative estimate of drug-likeness (QED) is 0.837. The van der Waals surface area contributed by atoms with E-state index >= 15 is 0 Å². The molecule has 0 spiro atoms.